The molecule has 0 radical (unpaired) electrons. The monoisotopic (exact) mass is 429 g/mol. The van der Waals surface area contributed by atoms with Crippen LogP contribution in [0.5, 0.6) is 0 Å². The molecule has 4 rings (SSSR count). The van der Waals surface area contributed by atoms with Gasteiger partial charge in [-0.05, 0) is 56.4 Å². The first-order chi connectivity index (χ1) is 14.3. The van der Waals surface area contributed by atoms with Crippen molar-refractivity contribution in [2.24, 2.45) is 5.92 Å². The van der Waals surface area contributed by atoms with Crippen molar-refractivity contribution in [3.05, 3.63) is 54.4 Å². The minimum Gasteiger partial charge on any atom is -0.362 e. The minimum atomic E-state index is -3.54. The number of nitrogens with one attached hydrogen (secondary N) is 1. The molecule has 3 atom stereocenters. The number of pyridine rings is 1. The van der Waals surface area contributed by atoms with Gasteiger partial charge in [0, 0.05) is 19.3 Å². The van der Waals surface area contributed by atoms with E-state index in [1.165, 1.54) is 0 Å². The number of carbonyl (C=O) groups excluding carboxylic acids is 1. The van der Waals surface area contributed by atoms with E-state index in [0.717, 1.165) is 12.0 Å². The minimum absolute atomic E-state index is 0.0114. The molecule has 1 amide bonds. The summed E-state index contributed by atoms with van der Waals surface area (Å²) in [5.41, 5.74) is 1.20. The first-order valence-corrected chi connectivity index (χ1v) is 11.7. The Morgan fingerprint density at radius 1 is 1.23 bits per heavy atom. The third-order valence-corrected chi connectivity index (χ3v) is 8.13. The molecule has 2 aliphatic heterocycles. The zero-order chi connectivity index (χ0) is 21.4. The molecule has 3 heterocycles. The fourth-order valence-electron chi connectivity index (χ4n) is 4.37. The third-order valence-electron chi connectivity index (χ3n) is 6.25. The summed E-state index contributed by atoms with van der Waals surface area (Å²) in [6.07, 6.45) is 4.67. The van der Waals surface area contributed by atoms with Crippen LogP contribution in [0.25, 0.3) is 0 Å². The molecule has 0 bridgehead atoms. The van der Waals surface area contributed by atoms with Crippen LogP contribution < -0.4 is 5.32 Å². The molecular weight excluding hydrogens is 402 g/mol. The number of sulfonamides is 1. The summed E-state index contributed by atoms with van der Waals surface area (Å²) in [6.45, 7) is 4.71. The van der Waals surface area contributed by atoms with Gasteiger partial charge in [-0.25, -0.2) is 8.42 Å². The summed E-state index contributed by atoms with van der Waals surface area (Å²) in [6, 6.07) is 10.5. The number of piperidine rings is 1. The molecule has 2 aliphatic rings. The second-order valence-corrected chi connectivity index (χ2v) is 10.2. The van der Waals surface area contributed by atoms with Crippen LogP contribution >= 0.6 is 0 Å². The van der Waals surface area contributed by atoms with Gasteiger partial charge in [-0.1, -0.05) is 24.6 Å². The topological polar surface area (TPSA) is 88.6 Å². The SMILES string of the molecule is Cc1ccc(S(=O)(=O)N2CC[C@]3(CC[C@@H](C(=O)Nc4cccnc4)O3)[C@@H](C)C2)cc1. The molecule has 1 aromatic carbocycles. The number of aryl methyl sites for hydroxylation is 1. The van der Waals surface area contributed by atoms with E-state index in [-0.39, 0.29) is 11.8 Å². The number of anilines is 1. The summed E-state index contributed by atoms with van der Waals surface area (Å²) in [5, 5.41) is 2.85. The van der Waals surface area contributed by atoms with Crippen LogP contribution in [-0.2, 0) is 19.6 Å². The Bertz CT molecular complexity index is 1010. The van der Waals surface area contributed by atoms with Gasteiger partial charge in [0.15, 0.2) is 0 Å². The van der Waals surface area contributed by atoms with Crippen LogP contribution in [0.3, 0.4) is 0 Å². The summed E-state index contributed by atoms with van der Waals surface area (Å²) >= 11 is 0. The van der Waals surface area contributed by atoms with Crippen molar-refractivity contribution in [2.75, 3.05) is 18.4 Å². The molecule has 7 nitrogen and oxygen atoms in total. The molecule has 0 unspecified atom stereocenters. The number of hydrogen-bond donors (Lipinski definition) is 1. The lowest BCUT2D eigenvalue weighted by atomic mass is 9.81. The van der Waals surface area contributed by atoms with Gasteiger partial charge in [0.25, 0.3) is 5.91 Å². The molecule has 1 aromatic heterocycles. The lowest BCUT2D eigenvalue weighted by Crippen LogP contribution is -2.52. The van der Waals surface area contributed by atoms with E-state index in [1.807, 2.05) is 26.0 Å². The second-order valence-electron chi connectivity index (χ2n) is 8.27. The Labute approximate surface area is 177 Å². The highest BCUT2D eigenvalue weighted by molar-refractivity contribution is 7.89. The van der Waals surface area contributed by atoms with Crippen molar-refractivity contribution in [3.8, 4) is 0 Å². The number of aromatic nitrogens is 1. The Hall–Kier alpha value is -2.29. The van der Waals surface area contributed by atoms with E-state index in [9.17, 15) is 13.2 Å². The first kappa shape index (κ1) is 21.0. The highest BCUT2D eigenvalue weighted by Crippen LogP contribution is 2.43. The van der Waals surface area contributed by atoms with E-state index >= 15 is 0 Å². The predicted octanol–water partition coefficient (Wildman–Crippen LogP) is 2.98. The van der Waals surface area contributed by atoms with Crippen LogP contribution in [-0.4, -0.2) is 48.4 Å². The molecule has 2 saturated heterocycles. The highest BCUT2D eigenvalue weighted by atomic mass is 32.2. The molecule has 8 heteroatoms. The molecule has 30 heavy (non-hydrogen) atoms. The van der Waals surface area contributed by atoms with Crippen molar-refractivity contribution in [1.82, 2.24) is 9.29 Å². The van der Waals surface area contributed by atoms with Crippen LogP contribution in [0.2, 0.25) is 0 Å². The zero-order valence-corrected chi connectivity index (χ0v) is 18.1. The molecule has 1 spiro atoms. The Morgan fingerprint density at radius 3 is 2.67 bits per heavy atom. The zero-order valence-electron chi connectivity index (χ0n) is 17.2. The smallest absolute Gasteiger partial charge is 0.253 e. The molecule has 0 saturated carbocycles. The summed E-state index contributed by atoms with van der Waals surface area (Å²) in [7, 11) is -3.54. The van der Waals surface area contributed by atoms with Gasteiger partial charge >= 0.3 is 0 Å². The summed E-state index contributed by atoms with van der Waals surface area (Å²) in [4.78, 5) is 16.9. The summed E-state index contributed by atoms with van der Waals surface area (Å²) < 4.78 is 33.9. The van der Waals surface area contributed by atoms with E-state index in [0.29, 0.717) is 36.5 Å². The van der Waals surface area contributed by atoms with E-state index in [4.69, 9.17) is 4.74 Å². The van der Waals surface area contributed by atoms with Gasteiger partial charge in [0.05, 0.1) is 22.4 Å². The molecule has 0 aliphatic carbocycles. The van der Waals surface area contributed by atoms with Gasteiger partial charge in [0.2, 0.25) is 10.0 Å². The van der Waals surface area contributed by atoms with Crippen molar-refractivity contribution in [3.63, 3.8) is 0 Å². The van der Waals surface area contributed by atoms with Gasteiger partial charge in [-0.15, -0.1) is 0 Å². The van der Waals surface area contributed by atoms with Crippen LogP contribution in [0.1, 0.15) is 31.7 Å². The number of carbonyl (C=O) groups is 1. The Balaban J connectivity index is 1.42. The number of benzene rings is 1. The molecule has 2 fully saturated rings. The molecule has 1 N–H and O–H groups in total. The lowest BCUT2D eigenvalue weighted by Gasteiger charge is -2.43. The van der Waals surface area contributed by atoms with Gasteiger partial charge < -0.3 is 10.1 Å². The van der Waals surface area contributed by atoms with Crippen molar-refractivity contribution in [2.45, 2.75) is 49.7 Å². The standard InChI is InChI=1S/C22H27N3O4S/c1-16-5-7-19(8-6-16)30(27,28)25-13-11-22(17(2)15-25)10-9-20(29-22)21(26)24-18-4-3-12-23-14-18/h3-8,12,14,17,20H,9-11,13,15H2,1-2H3,(H,24,26)/t17-,20-,22+/m0/s1. The first-order valence-electron chi connectivity index (χ1n) is 10.3. The number of rotatable bonds is 4. The maximum Gasteiger partial charge on any atom is 0.253 e. The summed E-state index contributed by atoms with van der Waals surface area (Å²) in [5.74, 6) is -0.190. The number of nitrogens with zero attached hydrogens (tertiary/aromatic N) is 2. The average Bonchev–Trinajstić information content (AvgIpc) is 3.16. The van der Waals surface area contributed by atoms with Crippen LogP contribution in [0.15, 0.2) is 53.7 Å². The molecular formula is C22H27N3O4S. The fourth-order valence-corrected chi connectivity index (χ4v) is 5.90. The molecule has 160 valence electrons. The van der Waals surface area contributed by atoms with Gasteiger partial charge in [-0.3, -0.25) is 9.78 Å². The van der Waals surface area contributed by atoms with Crippen LogP contribution in [0, 0.1) is 12.8 Å². The van der Waals surface area contributed by atoms with Crippen molar-refractivity contribution >= 4 is 21.6 Å². The van der Waals surface area contributed by atoms with Crippen molar-refractivity contribution < 1.29 is 17.9 Å². The highest BCUT2D eigenvalue weighted by Gasteiger charge is 2.50. The van der Waals surface area contributed by atoms with Crippen molar-refractivity contribution in [1.29, 1.82) is 0 Å². The van der Waals surface area contributed by atoms with E-state index < -0.39 is 21.7 Å². The number of amides is 1. The van der Waals surface area contributed by atoms with Crippen LogP contribution in [0.4, 0.5) is 5.69 Å². The number of ether oxygens (including phenoxy) is 1. The lowest BCUT2D eigenvalue weighted by molar-refractivity contribution is -0.140. The Morgan fingerprint density at radius 2 is 2.00 bits per heavy atom. The van der Waals surface area contributed by atoms with Gasteiger partial charge in [0.1, 0.15) is 6.10 Å². The maximum absolute atomic E-state index is 13.0. The maximum atomic E-state index is 13.0. The quantitative estimate of drug-likeness (QED) is 0.807. The number of hydrogen-bond acceptors (Lipinski definition) is 5. The predicted molar refractivity (Wildman–Crippen MR) is 113 cm³/mol. The molecule has 2 aromatic rings. The van der Waals surface area contributed by atoms with E-state index in [2.05, 4.69) is 10.3 Å². The largest absolute Gasteiger partial charge is 0.362 e. The fraction of sp³-hybridized carbons (Fsp3) is 0.455. The van der Waals surface area contributed by atoms with E-state index in [1.54, 1.807) is 41.0 Å². The Kier molecular flexibility index (Phi) is 5.65. The normalized spacial score (nSPS) is 27.3. The second kappa shape index (κ2) is 8.09. The van der Waals surface area contributed by atoms with Gasteiger partial charge in [-0.2, -0.15) is 4.31 Å². The third kappa shape index (κ3) is 3.99. The average molecular weight is 430 g/mol.